The van der Waals surface area contributed by atoms with E-state index in [-0.39, 0.29) is 0 Å². The molecule has 1 aromatic rings. The van der Waals surface area contributed by atoms with Gasteiger partial charge in [-0.25, -0.2) is 4.98 Å². The topological polar surface area (TPSA) is 24.9 Å². The van der Waals surface area contributed by atoms with Crippen LogP contribution in [0.25, 0.3) is 0 Å². The highest BCUT2D eigenvalue weighted by Crippen LogP contribution is 2.35. The molecular formula is C13H21ClN2Si. The zero-order valence-electron chi connectivity index (χ0n) is 10.9. The Kier molecular flexibility index (Phi) is 3.78. The minimum absolute atomic E-state index is 0.642. The molecule has 1 aromatic heterocycles. The van der Waals surface area contributed by atoms with Gasteiger partial charge < -0.3 is 5.32 Å². The summed E-state index contributed by atoms with van der Waals surface area (Å²) in [5, 5.41) is 4.40. The Bertz CT molecular complexity index is 396. The fourth-order valence-electron chi connectivity index (χ4n) is 3.06. The number of anilines is 1. The Labute approximate surface area is 110 Å². The molecule has 2 nitrogen and oxygen atoms in total. The number of rotatable bonds is 4. The molecule has 0 amide bonds. The van der Waals surface area contributed by atoms with Gasteiger partial charge in [0.1, 0.15) is 5.82 Å². The molecule has 4 heteroatoms. The smallest absolute Gasteiger partial charge is 0.129 e. The largest absolute Gasteiger partial charge is 0.369 e. The first-order valence-corrected chi connectivity index (χ1v) is 9.63. The Morgan fingerprint density at radius 2 is 2.00 bits per heavy atom. The summed E-state index contributed by atoms with van der Waals surface area (Å²) in [6, 6.07) is 6.11. The van der Waals surface area contributed by atoms with Gasteiger partial charge in [0.25, 0.3) is 0 Å². The predicted molar refractivity (Wildman–Crippen MR) is 77.6 cm³/mol. The first kappa shape index (κ1) is 12.9. The van der Waals surface area contributed by atoms with Gasteiger partial charge in [-0.2, -0.15) is 0 Å². The van der Waals surface area contributed by atoms with Crippen LogP contribution in [0, 0.1) is 0 Å². The van der Waals surface area contributed by atoms with Crippen LogP contribution < -0.4 is 5.32 Å². The van der Waals surface area contributed by atoms with Crippen molar-refractivity contribution in [3.05, 3.63) is 22.8 Å². The molecule has 0 spiro atoms. The van der Waals surface area contributed by atoms with Crippen molar-refractivity contribution in [2.45, 2.75) is 51.0 Å². The van der Waals surface area contributed by atoms with Crippen LogP contribution in [-0.4, -0.2) is 18.7 Å². The van der Waals surface area contributed by atoms with E-state index < -0.39 is 8.07 Å². The van der Waals surface area contributed by atoms with Gasteiger partial charge in [0.15, 0.2) is 0 Å². The van der Waals surface area contributed by atoms with Gasteiger partial charge in [-0.3, -0.25) is 0 Å². The van der Waals surface area contributed by atoms with E-state index in [2.05, 4.69) is 37.1 Å². The average Bonchev–Trinajstić information content (AvgIpc) is 2.75. The van der Waals surface area contributed by atoms with Crippen LogP contribution >= 0.6 is 11.6 Å². The molecule has 0 aromatic carbocycles. The molecule has 1 aliphatic rings. The SMILES string of the molecule is CC[Si](CC)(CC)C1Cc2cc(Cl)cnc2N1. The van der Waals surface area contributed by atoms with Gasteiger partial charge >= 0.3 is 0 Å². The maximum atomic E-state index is 6.01. The number of halogens is 1. The van der Waals surface area contributed by atoms with Crippen LogP contribution in [0.3, 0.4) is 0 Å². The van der Waals surface area contributed by atoms with Crippen LogP contribution in [0.15, 0.2) is 12.3 Å². The second kappa shape index (κ2) is 4.98. The minimum Gasteiger partial charge on any atom is -0.369 e. The molecule has 0 fully saturated rings. The maximum Gasteiger partial charge on any atom is 0.129 e. The van der Waals surface area contributed by atoms with Crippen LogP contribution in [0.1, 0.15) is 26.3 Å². The number of aromatic nitrogens is 1. The average molecular weight is 269 g/mol. The third-order valence-electron chi connectivity index (χ3n) is 4.52. The summed E-state index contributed by atoms with van der Waals surface area (Å²) in [6.07, 6.45) is 2.85. The summed E-state index contributed by atoms with van der Waals surface area (Å²) in [5.74, 6) is 1.06. The van der Waals surface area contributed by atoms with Crippen molar-refractivity contribution in [1.82, 2.24) is 4.98 Å². The summed E-state index contributed by atoms with van der Waals surface area (Å²) >= 11 is 6.01. The van der Waals surface area contributed by atoms with E-state index in [1.807, 2.05) is 0 Å². The molecule has 0 bridgehead atoms. The third kappa shape index (κ3) is 2.23. The number of pyridine rings is 1. The molecule has 0 radical (unpaired) electrons. The van der Waals surface area contributed by atoms with E-state index in [0.717, 1.165) is 17.3 Å². The van der Waals surface area contributed by atoms with Gasteiger partial charge in [-0.15, -0.1) is 0 Å². The van der Waals surface area contributed by atoms with E-state index in [9.17, 15) is 0 Å². The third-order valence-corrected chi connectivity index (χ3v) is 10.8. The first-order chi connectivity index (χ1) is 8.15. The maximum absolute atomic E-state index is 6.01. The predicted octanol–water partition coefficient (Wildman–Crippen LogP) is 4.12. The summed E-state index contributed by atoms with van der Waals surface area (Å²) in [5.41, 5.74) is 1.94. The molecule has 1 N–H and O–H groups in total. The van der Waals surface area contributed by atoms with Crippen LogP contribution in [-0.2, 0) is 6.42 Å². The van der Waals surface area contributed by atoms with Gasteiger partial charge in [0.05, 0.1) is 13.1 Å². The minimum atomic E-state index is -1.19. The number of fused-ring (bicyclic) bond motifs is 1. The van der Waals surface area contributed by atoms with E-state index in [1.165, 1.54) is 23.7 Å². The fourth-order valence-corrected chi connectivity index (χ4v) is 7.32. The van der Waals surface area contributed by atoms with Gasteiger partial charge in [0.2, 0.25) is 0 Å². The lowest BCUT2D eigenvalue weighted by Crippen LogP contribution is -2.49. The molecule has 1 unspecified atom stereocenters. The van der Waals surface area contributed by atoms with Crippen LogP contribution in [0.5, 0.6) is 0 Å². The highest BCUT2D eigenvalue weighted by molar-refractivity contribution is 6.81. The van der Waals surface area contributed by atoms with E-state index >= 15 is 0 Å². The van der Waals surface area contributed by atoms with Crippen molar-refractivity contribution in [2.75, 3.05) is 5.32 Å². The molecular weight excluding hydrogens is 248 g/mol. The molecule has 2 rings (SSSR count). The fraction of sp³-hybridized carbons (Fsp3) is 0.615. The Balaban J connectivity index is 2.24. The van der Waals surface area contributed by atoms with E-state index in [0.29, 0.717) is 5.67 Å². The quantitative estimate of drug-likeness (QED) is 0.831. The monoisotopic (exact) mass is 268 g/mol. The van der Waals surface area contributed by atoms with Crippen molar-refractivity contribution < 1.29 is 0 Å². The number of hydrogen-bond acceptors (Lipinski definition) is 2. The molecule has 94 valence electrons. The Morgan fingerprint density at radius 1 is 1.35 bits per heavy atom. The normalized spacial score (nSPS) is 18.9. The standard InChI is InChI=1S/C13H21ClN2Si/c1-4-17(5-2,6-3)12-8-10-7-11(14)9-15-13(10)16-12/h7,9,12H,4-6,8H2,1-3H3,(H,15,16). The lowest BCUT2D eigenvalue weighted by atomic mass is 10.2. The number of nitrogens with zero attached hydrogens (tertiary/aromatic N) is 1. The molecule has 1 aliphatic heterocycles. The van der Waals surface area contributed by atoms with Gasteiger partial charge in [-0.05, 0) is 18.1 Å². The van der Waals surface area contributed by atoms with Gasteiger partial charge in [0, 0.05) is 11.9 Å². The summed E-state index contributed by atoms with van der Waals surface area (Å²) in [7, 11) is -1.19. The Morgan fingerprint density at radius 3 is 2.59 bits per heavy atom. The highest BCUT2D eigenvalue weighted by atomic mass is 35.5. The van der Waals surface area contributed by atoms with Crippen molar-refractivity contribution in [3.63, 3.8) is 0 Å². The lowest BCUT2D eigenvalue weighted by molar-refractivity contribution is 0.913. The zero-order chi connectivity index (χ0) is 12.5. The Hall–Kier alpha value is -0.543. The van der Waals surface area contributed by atoms with Crippen molar-refractivity contribution in [3.8, 4) is 0 Å². The van der Waals surface area contributed by atoms with Crippen LogP contribution in [0.2, 0.25) is 23.2 Å². The van der Waals surface area contributed by atoms with E-state index in [1.54, 1.807) is 6.20 Å². The molecule has 0 aliphatic carbocycles. The molecule has 0 saturated carbocycles. The van der Waals surface area contributed by atoms with Crippen molar-refractivity contribution in [1.29, 1.82) is 0 Å². The van der Waals surface area contributed by atoms with Crippen LogP contribution in [0.4, 0.5) is 5.82 Å². The molecule has 17 heavy (non-hydrogen) atoms. The highest BCUT2D eigenvalue weighted by Gasteiger charge is 2.40. The second-order valence-corrected chi connectivity index (χ2v) is 11.0. The lowest BCUT2D eigenvalue weighted by Gasteiger charge is -2.34. The first-order valence-electron chi connectivity index (χ1n) is 6.56. The molecule has 1 atom stereocenters. The number of hydrogen-bond donors (Lipinski definition) is 1. The number of nitrogens with one attached hydrogen (secondary N) is 1. The summed E-state index contributed by atoms with van der Waals surface area (Å²) in [6.45, 7) is 7.05. The molecule has 0 saturated heterocycles. The summed E-state index contributed by atoms with van der Waals surface area (Å²) in [4.78, 5) is 4.40. The second-order valence-electron chi connectivity index (χ2n) is 4.99. The van der Waals surface area contributed by atoms with Crippen molar-refractivity contribution in [2.24, 2.45) is 0 Å². The van der Waals surface area contributed by atoms with E-state index in [4.69, 9.17) is 11.6 Å². The molecule has 2 heterocycles. The van der Waals surface area contributed by atoms with Gasteiger partial charge in [-0.1, -0.05) is 50.5 Å². The van der Waals surface area contributed by atoms with Crippen molar-refractivity contribution >= 4 is 25.5 Å². The zero-order valence-corrected chi connectivity index (χ0v) is 12.6. The summed E-state index contributed by atoms with van der Waals surface area (Å²) < 4.78 is 0.